The molecule has 1 heterocycles. The number of non-ortho nitro benzene ring substituents is 1. The van der Waals surface area contributed by atoms with E-state index in [9.17, 15) is 29.3 Å². The number of esters is 1. The number of carbonyl (C=O) groups is 4. The fourth-order valence-electron chi connectivity index (χ4n) is 3.36. The largest absolute Gasteiger partial charge is 0.454 e. The second-order valence-electron chi connectivity index (χ2n) is 6.96. The molecule has 2 amide bonds. The lowest BCUT2D eigenvalue weighted by Crippen LogP contribution is -2.31. The first-order valence-corrected chi connectivity index (χ1v) is 10.3. The zero-order valence-corrected chi connectivity index (χ0v) is 18.3. The first kappa shape index (κ1) is 22.0. The molecule has 0 radical (unpaired) electrons. The molecule has 0 saturated heterocycles. The van der Waals surface area contributed by atoms with E-state index in [4.69, 9.17) is 4.74 Å². The van der Waals surface area contributed by atoms with Gasteiger partial charge in [0.05, 0.1) is 27.3 Å². The lowest BCUT2D eigenvalue weighted by atomic mass is 10.1. The summed E-state index contributed by atoms with van der Waals surface area (Å²) in [5, 5.41) is 10.9. The third kappa shape index (κ3) is 4.15. The molecule has 0 N–H and O–H groups in total. The molecule has 0 bridgehead atoms. The lowest BCUT2D eigenvalue weighted by Gasteiger charge is -2.17. The molecule has 3 aromatic rings. The summed E-state index contributed by atoms with van der Waals surface area (Å²) in [4.78, 5) is 62.0. The second-order valence-corrected chi connectivity index (χ2v) is 7.88. The molecule has 1 aliphatic rings. The van der Waals surface area contributed by atoms with E-state index in [2.05, 4.69) is 15.9 Å². The highest BCUT2D eigenvalue weighted by Crippen LogP contribution is 2.32. The number of nitro groups is 1. The Bertz CT molecular complexity index is 1350. The smallest absolute Gasteiger partial charge is 0.340 e. The minimum atomic E-state index is -0.929. The van der Waals surface area contributed by atoms with Gasteiger partial charge >= 0.3 is 5.97 Å². The Morgan fingerprint density at radius 2 is 1.67 bits per heavy atom. The van der Waals surface area contributed by atoms with Gasteiger partial charge in [0.15, 0.2) is 6.61 Å². The van der Waals surface area contributed by atoms with E-state index >= 15 is 0 Å². The first-order chi connectivity index (χ1) is 15.8. The molecule has 164 valence electrons. The zero-order chi connectivity index (χ0) is 23.7. The average molecular weight is 509 g/mol. The fourth-order valence-corrected chi connectivity index (χ4v) is 3.72. The number of carbonyl (C=O) groups excluding carboxylic acids is 4. The van der Waals surface area contributed by atoms with Crippen molar-refractivity contribution in [3.63, 3.8) is 0 Å². The number of rotatable bonds is 6. The molecule has 0 atom stereocenters. The summed E-state index contributed by atoms with van der Waals surface area (Å²) >= 11 is 3.27. The van der Waals surface area contributed by atoms with Crippen molar-refractivity contribution in [2.75, 3.05) is 11.5 Å². The van der Waals surface area contributed by atoms with Gasteiger partial charge in [-0.05, 0) is 30.3 Å². The summed E-state index contributed by atoms with van der Waals surface area (Å²) < 4.78 is 5.72. The van der Waals surface area contributed by atoms with E-state index in [-0.39, 0.29) is 33.6 Å². The van der Waals surface area contributed by atoms with Gasteiger partial charge in [-0.25, -0.2) is 9.69 Å². The van der Waals surface area contributed by atoms with Gasteiger partial charge in [-0.1, -0.05) is 40.2 Å². The summed E-state index contributed by atoms with van der Waals surface area (Å²) in [5.41, 5.74) is 0.0714. The normalized spacial score (nSPS) is 12.5. The van der Waals surface area contributed by atoms with E-state index in [0.717, 1.165) is 11.0 Å². The number of fused-ring (bicyclic) bond motifs is 1. The number of anilines is 1. The number of amides is 2. The van der Waals surface area contributed by atoms with Gasteiger partial charge in [-0.15, -0.1) is 0 Å². The minimum absolute atomic E-state index is 0.0104. The molecule has 0 spiro atoms. The molecule has 1 aliphatic heterocycles. The van der Waals surface area contributed by atoms with E-state index in [0.29, 0.717) is 4.47 Å². The molecule has 0 saturated carbocycles. The Labute approximate surface area is 194 Å². The highest BCUT2D eigenvalue weighted by atomic mass is 79.9. The van der Waals surface area contributed by atoms with Gasteiger partial charge in [-0.2, -0.15) is 0 Å². The van der Waals surface area contributed by atoms with Crippen LogP contribution < -0.4 is 4.90 Å². The molecular weight excluding hydrogens is 496 g/mol. The lowest BCUT2D eigenvalue weighted by molar-refractivity contribution is -0.384. The van der Waals surface area contributed by atoms with Gasteiger partial charge in [0, 0.05) is 22.2 Å². The topological polar surface area (TPSA) is 124 Å². The van der Waals surface area contributed by atoms with Crippen molar-refractivity contribution in [3.05, 3.63) is 104 Å². The number of Topliss-reactive ketones (excluding diaryl/α,β-unsaturated/α-hetero) is 1. The molecular formula is C23H13BrN2O7. The standard InChI is InChI=1S/C23H13BrN2O7/c24-14-8-9-16-18(11-14)22(29)25(21(16)28)19-7-2-1-6-17(19)23(30)33-12-20(27)13-4-3-5-15(10-13)26(31)32/h1-11H,12H2. The minimum Gasteiger partial charge on any atom is -0.454 e. The number of hydrogen-bond acceptors (Lipinski definition) is 7. The van der Waals surface area contributed by atoms with Gasteiger partial charge in [0.2, 0.25) is 5.78 Å². The number of para-hydroxylation sites is 1. The van der Waals surface area contributed by atoms with Crippen LogP contribution in [0.15, 0.2) is 71.2 Å². The van der Waals surface area contributed by atoms with Crippen LogP contribution in [-0.2, 0) is 4.74 Å². The zero-order valence-electron chi connectivity index (χ0n) is 16.7. The number of benzene rings is 3. The number of nitro benzene ring substituents is 1. The molecule has 3 aromatic carbocycles. The molecule has 0 aliphatic carbocycles. The van der Waals surface area contributed by atoms with Gasteiger partial charge in [0.1, 0.15) is 0 Å². The van der Waals surface area contributed by atoms with Crippen LogP contribution in [0.4, 0.5) is 11.4 Å². The Morgan fingerprint density at radius 3 is 2.42 bits per heavy atom. The Hall–Kier alpha value is -4.18. The van der Waals surface area contributed by atoms with E-state index in [1.54, 1.807) is 12.1 Å². The predicted octanol–water partition coefficient (Wildman–Crippen LogP) is 4.20. The first-order valence-electron chi connectivity index (χ1n) is 9.50. The van der Waals surface area contributed by atoms with Crippen LogP contribution in [0.5, 0.6) is 0 Å². The molecule has 0 fully saturated rings. The van der Waals surface area contributed by atoms with Crippen LogP contribution in [0.3, 0.4) is 0 Å². The number of ether oxygens (including phenoxy) is 1. The maximum Gasteiger partial charge on any atom is 0.340 e. The highest BCUT2D eigenvalue weighted by Gasteiger charge is 2.38. The third-order valence-electron chi connectivity index (χ3n) is 4.93. The van der Waals surface area contributed by atoms with Crippen molar-refractivity contribution in [1.82, 2.24) is 0 Å². The van der Waals surface area contributed by atoms with Crippen molar-refractivity contribution < 1.29 is 28.8 Å². The van der Waals surface area contributed by atoms with Crippen LogP contribution in [0.25, 0.3) is 0 Å². The Kier molecular flexibility index (Phi) is 5.84. The predicted molar refractivity (Wildman–Crippen MR) is 119 cm³/mol. The maximum atomic E-state index is 12.9. The number of nitrogens with zero attached hydrogens (tertiary/aromatic N) is 2. The molecule has 9 nitrogen and oxygen atoms in total. The summed E-state index contributed by atoms with van der Waals surface area (Å²) in [7, 11) is 0. The summed E-state index contributed by atoms with van der Waals surface area (Å²) in [5.74, 6) is -2.75. The van der Waals surface area contributed by atoms with Crippen molar-refractivity contribution in [1.29, 1.82) is 0 Å². The Morgan fingerprint density at radius 1 is 0.939 bits per heavy atom. The van der Waals surface area contributed by atoms with E-state index in [1.165, 1.54) is 48.5 Å². The highest BCUT2D eigenvalue weighted by molar-refractivity contribution is 9.10. The average Bonchev–Trinajstić information content (AvgIpc) is 3.06. The molecule has 33 heavy (non-hydrogen) atoms. The van der Waals surface area contributed by atoms with E-state index in [1.807, 2.05) is 0 Å². The monoisotopic (exact) mass is 508 g/mol. The van der Waals surface area contributed by atoms with Gasteiger partial charge < -0.3 is 4.74 Å². The van der Waals surface area contributed by atoms with Gasteiger partial charge in [0.25, 0.3) is 17.5 Å². The van der Waals surface area contributed by atoms with Crippen molar-refractivity contribution in [2.45, 2.75) is 0 Å². The quantitative estimate of drug-likeness (QED) is 0.160. The number of halogens is 1. The molecule has 10 heteroatoms. The van der Waals surface area contributed by atoms with Crippen LogP contribution in [0, 0.1) is 10.1 Å². The van der Waals surface area contributed by atoms with Crippen LogP contribution in [0.2, 0.25) is 0 Å². The van der Waals surface area contributed by atoms with Crippen LogP contribution in [0.1, 0.15) is 41.4 Å². The van der Waals surface area contributed by atoms with Crippen LogP contribution >= 0.6 is 15.9 Å². The summed E-state index contributed by atoms with van der Waals surface area (Å²) in [6.45, 7) is -0.677. The third-order valence-corrected chi connectivity index (χ3v) is 5.42. The van der Waals surface area contributed by atoms with Gasteiger partial charge in [-0.3, -0.25) is 24.5 Å². The van der Waals surface area contributed by atoms with Crippen molar-refractivity contribution in [2.24, 2.45) is 0 Å². The SMILES string of the molecule is O=C(COC(=O)c1ccccc1N1C(=O)c2ccc(Br)cc2C1=O)c1cccc([N+](=O)[O-])c1. The fraction of sp³-hybridized carbons (Fsp3) is 0.0435. The second kappa shape index (κ2) is 8.75. The van der Waals surface area contributed by atoms with Crippen molar-refractivity contribution in [3.8, 4) is 0 Å². The Balaban J connectivity index is 1.56. The van der Waals surface area contributed by atoms with Crippen molar-refractivity contribution >= 4 is 50.9 Å². The summed E-state index contributed by atoms with van der Waals surface area (Å²) in [6, 6.07) is 15.6. The number of ketones is 1. The summed E-state index contributed by atoms with van der Waals surface area (Å²) in [6.07, 6.45) is 0. The maximum absolute atomic E-state index is 12.9. The number of hydrogen-bond donors (Lipinski definition) is 0. The van der Waals surface area contributed by atoms with Crippen LogP contribution in [-0.4, -0.2) is 35.1 Å². The molecule has 0 aromatic heterocycles. The number of imide groups is 1. The molecule has 0 unspecified atom stereocenters. The molecule has 4 rings (SSSR count). The van der Waals surface area contributed by atoms with E-state index < -0.39 is 35.1 Å².